The molecule has 3 aromatic heterocycles. The maximum atomic E-state index is 4.95. The van der Waals surface area contributed by atoms with E-state index in [0.717, 1.165) is 44.5 Å². The topological polar surface area (TPSA) is 60.9 Å². The first-order valence-electron chi connectivity index (χ1n) is 11.5. The lowest BCUT2D eigenvalue weighted by Crippen LogP contribution is -2.13. The Kier molecular flexibility index (Phi) is 5.88. The van der Waals surface area contributed by atoms with Crippen molar-refractivity contribution >= 4 is 27.8 Å². The molecule has 36 heavy (non-hydrogen) atoms. The zero-order valence-corrected chi connectivity index (χ0v) is 21.4. The van der Waals surface area contributed by atoms with Gasteiger partial charge in [-0.2, -0.15) is 4.99 Å². The van der Waals surface area contributed by atoms with Gasteiger partial charge in [-0.1, -0.05) is 71.4 Å². The SMILES string of the molecule is Cc1ccc(-n2nnc(-c3csc(N=c4scc(-c5ccccc5)n4-c4ccccc4)n3)c2C)cc1. The fourth-order valence-electron chi connectivity index (χ4n) is 4.03. The van der Waals surface area contributed by atoms with Crippen LogP contribution in [0.25, 0.3) is 34.0 Å². The third kappa shape index (κ3) is 4.21. The second-order valence-corrected chi connectivity index (χ2v) is 10.0. The Labute approximate surface area is 216 Å². The molecule has 0 radical (unpaired) electrons. The summed E-state index contributed by atoms with van der Waals surface area (Å²) in [4.78, 5) is 10.6. The molecule has 3 aromatic carbocycles. The van der Waals surface area contributed by atoms with Gasteiger partial charge in [0.05, 0.1) is 17.1 Å². The van der Waals surface area contributed by atoms with Crippen molar-refractivity contribution in [1.29, 1.82) is 0 Å². The quantitative estimate of drug-likeness (QED) is 0.260. The van der Waals surface area contributed by atoms with Gasteiger partial charge in [-0.25, -0.2) is 9.67 Å². The molecular weight excluding hydrogens is 484 g/mol. The predicted molar refractivity (Wildman–Crippen MR) is 146 cm³/mol. The zero-order chi connectivity index (χ0) is 24.5. The van der Waals surface area contributed by atoms with Crippen molar-refractivity contribution in [2.24, 2.45) is 4.99 Å². The molecule has 6 nitrogen and oxygen atoms in total. The van der Waals surface area contributed by atoms with E-state index >= 15 is 0 Å². The molecule has 0 saturated heterocycles. The second kappa shape index (κ2) is 9.49. The summed E-state index contributed by atoms with van der Waals surface area (Å²) < 4.78 is 4.03. The van der Waals surface area contributed by atoms with Gasteiger partial charge in [0.1, 0.15) is 11.4 Å². The molecule has 3 heterocycles. The summed E-state index contributed by atoms with van der Waals surface area (Å²) >= 11 is 3.10. The number of rotatable bonds is 5. The molecule has 0 aliphatic rings. The van der Waals surface area contributed by atoms with Gasteiger partial charge in [0, 0.05) is 16.4 Å². The van der Waals surface area contributed by atoms with E-state index in [1.54, 1.807) is 11.3 Å². The van der Waals surface area contributed by atoms with Gasteiger partial charge >= 0.3 is 0 Å². The molecule has 0 aliphatic heterocycles. The highest BCUT2D eigenvalue weighted by atomic mass is 32.1. The van der Waals surface area contributed by atoms with Crippen LogP contribution in [0.3, 0.4) is 0 Å². The number of benzene rings is 3. The van der Waals surface area contributed by atoms with Crippen LogP contribution < -0.4 is 4.80 Å². The van der Waals surface area contributed by atoms with Crippen LogP contribution in [0.5, 0.6) is 0 Å². The molecule has 0 spiro atoms. The lowest BCUT2D eigenvalue weighted by molar-refractivity contribution is 0.785. The normalized spacial score (nSPS) is 11.8. The molecule has 6 aromatic rings. The molecule has 0 aliphatic carbocycles. The number of hydrogen-bond donors (Lipinski definition) is 0. The summed E-state index contributed by atoms with van der Waals surface area (Å²) in [7, 11) is 0. The predicted octanol–water partition coefficient (Wildman–Crippen LogP) is 6.76. The van der Waals surface area contributed by atoms with Crippen LogP contribution >= 0.6 is 22.7 Å². The smallest absolute Gasteiger partial charge is 0.212 e. The lowest BCUT2D eigenvalue weighted by Gasteiger charge is -2.08. The third-order valence-corrected chi connectivity index (χ3v) is 7.45. The number of aryl methyl sites for hydroxylation is 1. The van der Waals surface area contributed by atoms with Crippen molar-refractivity contribution in [2.75, 3.05) is 0 Å². The molecule has 0 unspecified atom stereocenters. The molecule has 0 N–H and O–H groups in total. The van der Waals surface area contributed by atoms with Crippen molar-refractivity contribution in [2.45, 2.75) is 13.8 Å². The molecule has 0 fully saturated rings. The Hall–Kier alpha value is -4.14. The van der Waals surface area contributed by atoms with Crippen LogP contribution in [0.4, 0.5) is 5.13 Å². The monoisotopic (exact) mass is 506 g/mol. The Morgan fingerprint density at radius 3 is 2.22 bits per heavy atom. The molecule has 0 atom stereocenters. The Balaban J connectivity index is 1.40. The number of hydrogen-bond acceptors (Lipinski definition) is 6. The summed E-state index contributed by atoms with van der Waals surface area (Å²) in [6.45, 7) is 4.09. The van der Waals surface area contributed by atoms with E-state index < -0.39 is 0 Å². The molecule has 0 amide bonds. The van der Waals surface area contributed by atoms with Crippen molar-refractivity contribution in [3.63, 3.8) is 0 Å². The molecular formula is C28H22N6S2. The number of aromatic nitrogens is 5. The molecule has 0 bridgehead atoms. The summed E-state index contributed by atoms with van der Waals surface area (Å²) in [6, 6.07) is 28.9. The Morgan fingerprint density at radius 1 is 0.750 bits per heavy atom. The van der Waals surface area contributed by atoms with Crippen molar-refractivity contribution in [3.8, 4) is 34.0 Å². The third-order valence-electron chi connectivity index (χ3n) is 5.89. The van der Waals surface area contributed by atoms with Crippen molar-refractivity contribution < 1.29 is 0 Å². The number of para-hydroxylation sites is 1. The van der Waals surface area contributed by atoms with Gasteiger partial charge in [0.25, 0.3) is 0 Å². The van der Waals surface area contributed by atoms with Crippen molar-refractivity contribution in [3.05, 3.63) is 112 Å². The average Bonchev–Trinajstić information content (AvgIpc) is 3.65. The van der Waals surface area contributed by atoms with E-state index in [1.807, 2.05) is 53.4 Å². The fraction of sp³-hybridized carbons (Fsp3) is 0.0714. The van der Waals surface area contributed by atoms with E-state index in [9.17, 15) is 0 Å². The standard InChI is InChI=1S/C28H22N6S2/c1-19-13-15-23(16-14-19)34-20(2)26(31-32-34)24-17-35-27(29-24)30-28-33(22-11-7-4-8-12-22)25(18-36-28)21-9-5-3-6-10-21/h3-18H,1-2H3. The van der Waals surface area contributed by atoms with Gasteiger partial charge in [-0.05, 0) is 43.7 Å². The Bertz CT molecular complexity index is 1690. The second-order valence-electron chi connectivity index (χ2n) is 8.34. The van der Waals surface area contributed by atoms with E-state index in [2.05, 4.69) is 75.7 Å². The van der Waals surface area contributed by atoms with Crippen LogP contribution in [0.15, 0.2) is 101 Å². The first-order chi connectivity index (χ1) is 17.7. The molecule has 6 rings (SSSR count). The van der Waals surface area contributed by atoms with Crippen LogP contribution in [0.2, 0.25) is 0 Å². The van der Waals surface area contributed by atoms with Gasteiger partial charge in [0.2, 0.25) is 5.13 Å². The minimum absolute atomic E-state index is 0.681. The highest BCUT2D eigenvalue weighted by Gasteiger charge is 2.16. The highest BCUT2D eigenvalue weighted by molar-refractivity contribution is 7.13. The van der Waals surface area contributed by atoms with Gasteiger partial charge in [-0.3, -0.25) is 4.57 Å². The number of nitrogens with zero attached hydrogens (tertiary/aromatic N) is 6. The summed E-state index contributed by atoms with van der Waals surface area (Å²) in [6.07, 6.45) is 0. The van der Waals surface area contributed by atoms with Crippen LogP contribution in [-0.4, -0.2) is 24.5 Å². The van der Waals surface area contributed by atoms with Crippen molar-refractivity contribution in [1.82, 2.24) is 24.5 Å². The fourth-order valence-corrected chi connectivity index (χ4v) is 5.67. The summed E-state index contributed by atoms with van der Waals surface area (Å²) in [5.41, 5.74) is 7.97. The first kappa shape index (κ1) is 22.3. The van der Waals surface area contributed by atoms with E-state index in [-0.39, 0.29) is 0 Å². The van der Waals surface area contributed by atoms with Crippen LogP contribution in [0, 0.1) is 13.8 Å². The van der Waals surface area contributed by atoms with Gasteiger partial charge in [0.15, 0.2) is 4.80 Å². The van der Waals surface area contributed by atoms with Crippen LogP contribution in [0.1, 0.15) is 11.3 Å². The molecule has 176 valence electrons. The van der Waals surface area contributed by atoms with Gasteiger partial charge in [-0.15, -0.1) is 27.8 Å². The minimum atomic E-state index is 0.681. The van der Waals surface area contributed by atoms with Gasteiger partial charge < -0.3 is 0 Å². The minimum Gasteiger partial charge on any atom is -0.285 e. The van der Waals surface area contributed by atoms with E-state index in [4.69, 9.17) is 9.98 Å². The first-order valence-corrected chi connectivity index (χ1v) is 13.2. The highest BCUT2D eigenvalue weighted by Crippen LogP contribution is 2.29. The van der Waals surface area contributed by atoms with Crippen LogP contribution in [-0.2, 0) is 0 Å². The average molecular weight is 507 g/mol. The molecule has 8 heteroatoms. The summed E-state index contributed by atoms with van der Waals surface area (Å²) in [5, 5.41) is 13.6. The maximum absolute atomic E-state index is 4.95. The number of thiazole rings is 2. The lowest BCUT2D eigenvalue weighted by atomic mass is 10.1. The molecule has 0 saturated carbocycles. The largest absolute Gasteiger partial charge is 0.285 e. The zero-order valence-electron chi connectivity index (χ0n) is 19.7. The maximum Gasteiger partial charge on any atom is 0.212 e. The summed E-state index contributed by atoms with van der Waals surface area (Å²) in [5.74, 6) is 0. The Morgan fingerprint density at radius 2 is 1.47 bits per heavy atom. The van der Waals surface area contributed by atoms with E-state index in [0.29, 0.717) is 5.13 Å². The van der Waals surface area contributed by atoms with E-state index in [1.165, 1.54) is 16.9 Å².